The molecule has 0 saturated carbocycles. The summed E-state index contributed by atoms with van der Waals surface area (Å²) in [4.78, 5) is 3.79. The summed E-state index contributed by atoms with van der Waals surface area (Å²) >= 11 is 3.17. The summed E-state index contributed by atoms with van der Waals surface area (Å²) in [5.74, 6) is 0. The molecular formula is C10H12BrN3Si. The summed E-state index contributed by atoms with van der Waals surface area (Å²) in [5.41, 5.74) is 2.67. The lowest BCUT2D eigenvalue weighted by Crippen LogP contribution is -2.15. The van der Waals surface area contributed by atoms with Gasteiger partial charge in [-0.15, -0.1) is 0 Å². The molecule has 0 saturated heterocycles. The van der Waals surface area contributed by atoms with E-state index in [1.807, 2.05) is 25.7 Å². The smallest absolute Gasteiger partial charge is 0.164 e. The molecule has 0 atom stereocenters. The molecule has 0 fully saturated rings. The van der Waals surface area contributed by atoms with Gasteiger partial charge in [0.25, 0.3) is 0 Å². The SMILES string of the molecule is C[Si](C)(C)C#N.N#Cc1ncccc1Br. The van der Waals surface area contributed by atoms with Crippen molar-refractivity contribution in [3.05, 3.63) is 28.5 Å². The van der Waals surface area contributed by atoms with Gasteiger partial charge in [-0.2, -0.15) is 5.26 Å². The van der Waals surface area contributed by atoms with Crippen molar-refractivity contribution in [1.82, 2.24) is 4.98 Å². The van der Waals surface area contributed by atoms with Crippen molar-refractivity contribution < 1.29 is 0 Å². The van der Waals surface area contributed by atoms with Gasteiger partial charge in [0.2, 0.25) is 0 Å². The van der Waals surface area contributed by atoms with Gasteiger partial charge >= 0.3 is 0 Å². The number of nitrogens with zero attached hydrogens (tertiary/aromatic N) is 3. The van der Waals surface area contributed by atoms with Crippen molar-refractivity contribution in [3.8, 4) is 11.8 Å². The molecule has 1 rings (SSSR count). The largest absolute Gasteiger partial charge is 0.244 e. The van der Waals surface area contributed by atoms with Gasteiger partial charge in [-0.1, -0.05) is 19.6 Å². The van der Waals surface area contributed by atoms with Gasteiger partial charge in [-0.3, -0.25) is 0 Å². The summed E-state index contributed by atoms with van der Waals surface area (Å²) < 4.78 is 0.743. The molecule has 15 heavy (non-hydrogen) atoms. The lowest BCUT2D eigenvalue weighted by Gasteiger charge is -1.96. The van der Waals surface area contributed by atoms with Crippen molar-refractivity contribution in [2.45, 2.75) is 19.6 Å². The highest BCUT2D eigenvalue weighted by molar-refractivity contribution is 9.10. The zero-order valence-corrected chi connectivity index (χ0v) is 11.5. The summed E-state index contributed by atoms with van der Waals surface area (Å²) in [7, 11) is -1.33. The quantitative estimate of drug-likeness (QED) is 0.687. The fourth-order valence-electron chi connectivity index (χ4n) is 0.468. The fraction of sp³-hybridized carbons (Fsp3) is 0.300. The van der Waals surface area contributed by atoms with Gasteiger partial charge < -0.3 is 0 Å². The first kappa shape index (κ1) is 13.8. The van der Waals surface area contributed by atoms with Crippen LogP contribution in [0.1, 0.15) is 5.69 Å². The van der Waals surface area contributed by atoms with E-state index >= 15 is 0 Å². The van der Waals surface area contributed by atoms with Crippen LogP contribution in [-0.2, 0) is 0 Å². The fourth-order valence-corrected chi connectivity index (χ4v) is 0.812. The summed E-state index contributed by atoms with van der Waals surface area (Å²) in [6.45, 7) is 6.06. The van der Waals surface area contributed by atoms with E-state index in [-0.39, 0.29) is 0 Å². The number of nitriles is 2. The van der Waals surface area contributed by atoms with Crippen molar-refractivity contribution in [1.29, 1.82) is 10.5 Å². The highest BCUT2D eigenvalue weighted by atomic mass is 79.9. The molecular weight excluding hydrogens is 270 g/mol. The zero-order valence-electron chi connectivity index (χ0n) is 8.95. The standard InChI is InChI=1S/C6H3BrN2.C4H9NSi/c7-5-2-1-3-9-6(5)4-8;1-6(2,3)4-5/h1-3H;1-3H3. The molecule has 0 N–H and O–H groups in total. The number of hydrogen-bond donors (Lipinski definition) is 0. The average Bonchev–Trinajstić information content (AvgIpc) is 2.18. The Hall–Kier alpha value is -1.17. The minimum Gasteiger partial charge on any atom is -0.244 e. The molecule has 0 bridgehead atoms. The third-order valence-electron chi connectivity index (χ3n) is 1.20. The Balaban J connectivity index is 0.000000288. The van der Waals surface area contributed by atoms with Gasteiger partial charge in [0.1, 0.15) is 6.07 Å². The van der Waals surface area contributed by atoms with Crippen LogP contribution in [0.2, 0.25) is 19.6 Å². The maximum Gasteiger partial charge on any atom is 0.164 e. The zero-order chi connectivity index (χ0) is 11.9. The highest BCUT2D eigenvalue weighted by Gasteiger charge is 2.09. The van der Waals surface area contributed by atoms with E-state index in [4.69, 9.17) is 10.5 Å². The molecule has 0 unspecified atom stereocenters. The molecule has 0 aromatic carbocycles. The van der Waals surface area contributed by atoms with Crippen LogP contribution >= 0.6 is 15.9 Å². The Bertz CT molecular complexity index is 398. The van der Waals surface area contributed by atoms with Gasteiger partial charge in [0.05, 0.1) is 4.47 Å². The summed E-state index contributed by atoms with van der Waals surface area (Å²) in [6.07, 6.45) is 1.59. The van der Waals surface area contributed by atoms with E-state index in [9.17, 15) is 0 Å². The average molecular weight is 282 g/mol. The predicted molar refractivity (Wildman–Crippen MR) is 65.6 cm³/mol. The van der Waals surface area contributed by atoms with Crippen molar-refractivity contribution in [3.63, 3.8) is 0 Å². The predicted octanol–water partition coefficient (Wildman–Crippen LogP) is 3.10. The lowest BCUT2D eigenvalue weighted by atomic mass is 10.4. The number of halogens is 1. The first-order valence-electron chi connectivity index (χ1n) is 4.32. The second-order valence-electron chi connectivity index (χ2n) is 3.81. The van der Waals surface area contributed by atoms with E-state index in [1.165, 1.54) is 0 Å². The van der Waals surface area contributed by atoms with E-state index in [0.717, 1.165) is 4.47 Å². The van der Waals surface area contributed by atoms with Crippen LogP contribution in [0.5, 0.6) is 0 Å². The van der Waals surface area contributed by atoms with Gasteiger partial charge in [-0.05, 0) is 28.1 Å². The Morgan fingerprint density at radius 1 is 1.33 bits per heavy atom. The van der Waals surface area contributed by atoms with Crippen LogP contribution in [0, 0.1) is 22.3 Å². The Labute approximate surface area is 99.5 Å². The maximum atomic E-state index is 8.38. The van der Waals surface area contributed by atoms with E-state index < -0.39 is 8.07 Å². The number of hydrogen-bond acceptors (Lipinski definition) is 3. The molecule has 0 spiro atoms. The molecule has 5 heteroatoms. The molecule has 1 heterocycles. The van der Waals surface area contributed by atoms with E-state index in [2.05, 4.69) is 26.6 Å². The van der Waals surface area contributed by atoms with Crippen LogP contribution in [0.25, 0.3) is 0 Å². The monoisotopic (exact) mass is 281 g/mol. The molecule has 1 aromatic rings. The normalized spacial score (nSPS) is 9.20. The molecule has 0 radical (unpaired) electrons. The van der Waals surface area contributed by atoms with Gasteiger partial charge in [0, 0.05) is 11.9 Å². The first-order valence-corrected chi connectivity index (χ1v) is 8.62. The third kappa shape index (κ3) is 6.84. The topological polar surface area (TPSA) is 60.5 Å². The van der Waals surface area contributed by atoms with Crippen LogP contribution in [0.4, 0.5) is 0 Å². The van der Waals surface area contributed by atoms with Crippen molar-refractivity contribution in [2.75, 3.05) is 0 Å². The molecule has 78 valence electrons. The molecule has 3 nitrogen and oxygen atoms in total. The van der Waals surface area contributed by atoms with Crippen molar-refractivity contribution in [2.24, 2.45) is 0 Å². The van der Waals surface area contributed by atoms with Crippen LogP contribution in [-0.4, -0.2) is 13.1 Å². The van der Waals surface area contributed by atoms with Crippen LogP contribution in [0.3, 0.4) is 0 Å². The van der Waals surface area contributed by atoms with E-state index in [0.29, 0.717) is 5.69 Å². The van der Waals surface area contributed by atoms with Gasteiger partial charge in [0.15, 0.2) is 13.8 Å². The molecule has 0 amide bonds. The number of aromatic nitrogens is 1. The second kappa shape index (κ2) is 6.34. The molecule has 0 aliphatic rings. The first-order chi connectivity index (χ1) is 6.90. The van der Waals surface area contributed by atoms with E-state index in [1.54, 1.807) is 18.3 Å². The van der Waals surface area contributed by atoms with Crippen molar-refractivity contribution >= 4 is 24.0 Å². The minimum absolute atomic E-state index is 0.428. The second-order valence-corrected chi connectivity index (χ2v) is 9.39. The minimum atomic E-state index is -1.33. The molecule has 0 aliphatic heterocycles. The maximum absolute atomic E-state index is 8.38. The lowest BCUT2D eigenvalue weighted by molar-refractivity contribution is 1.24. The third-order valence-corrected chi connectivity index (χ3v) is 2.51. The van der Waals surface area contributed by atoms with Crippen LogP contribution in [0.15, 0.2) is 22.8 Å². The highest BCUT2D eigenvalue weighted by Crippen LogP contribution is 2.10. The Kier molecular flexibility index (Phi) is 5.84. The molecule has 1 aromatic heterocycles. The number of rotatable bonds is 0. The van der Waals surface area contributed by atoms with Gasteiger partial charge in [-0.25, -0.2) is 10.2 Å². The Morgan fingerprint density at radius 3 is 2.13 bits per heavy atom. The summed E-state index contributed by atoms with van der Waals surface area (Å²) in [5, 5.41) is 16.6. The summed E-state index contributed by atoms with van der Waals surface area (Å²) in [6, 6.07) is 5.49. The Morgan fingerprint density at radius 2 is 1.87 bits per heavy atom. The van der Waals surface area contributed by atoms with Crippen LogP contribution < -0.4 is 0 Å². The number of pyridine rings is 1. The molecule has 0 aliphatic carbocycles.